The quantitative estimate of drug-likeness (QED) is 0.463. The fraction of sp³-hybridized carbons (Fsp3) is 0.348. The molecule has 1 aromatic heterocycles. The minimum atomic E-state index is -0.416. The van der Waals surface area contributed by atoms with E-state index in [-0.39, 0.29) is 10.6 Å². The van der Waals surface area contributed by atoms with Gasteiger partial charge in [0.25, 0.3) is 5.69 Å². The minimum Gasteiger partial charge on any atom is -0.496 e. The number of hydrogen-bond acceptors (Lipinski definition) is 5. The Labute approximate surface area is 180 Å². The van der Waals surface area contributed by atoms with Crippen molar-refractivity contribution in [3.8, 4) is 5.75 Å². The Kier molecular flexibility index (Phi) is 5.90. The van der Waals surface area contributed by atoms with E-state index in [0.29, 0.717) is 23.8 Å². The Balaban J connectivity index is 1.40. The number of carbonyl (C=O) groups excluding carboxylic acids is 1. The molecule has 0 saturated carbocycles. The molecule has 0 aliphatic carbocycles. The summed E-state index contributed by atoms with van der Waals surface area (Å²) in [5.41, 5.74) is 7.95. The van der Waals surface area contributed by atoms with Gasteiger partial charge in [-0.05, 0) is 48.9 Å². The summed E-state index contributed by atoms with van der Waals surface area (Å²) in [5.74, 6) is 0.269. The molecule has 0 unspecified atom stereocenters. The van der Waals surface area contributed by atoms with Gasteiger partial charge in [0.1, 0.15) is 5.75 Å². The number of amides is 1. The number of nitro groups is 1. The van der Waals surface area contributed by atoms with Crippen LogP contribution in [0.5, 0.6) is 5.75 Å². The fourth-order valence-corrected chi connectivity index (χ4v) is 4.39. The Hall–Kier alpha value is -3.39. The number of methoxy groups -OCH3 is 1. The largest absolute Gasteiger partial charge is 0.496 e. The van der Waals surface area contributed by atoms with Gasteiger partial charge in [-0.2, -0.15) is 0 Å². The number of aromatic nitrogens is 1. The Morgan fingerprint density at radius 3 is 2.65 bits per heavy atom. The van der Waals surface area contributed by atoms with Crippen LogP contribution in [0.15, 0.2) is 48.7 Å². The van der Waals surface area contributed by atoms with Crippen molar-refractivity contribution in [1.29, 1.82) is 0 Å². The molecule has 2 N–H and O–H groups in total. The number of likely N-dealkylation sites (tertiary alicyclic amines) is 1. The van der Waals surface area contributed by atoms with Gasteiger partial charge < -0.3 is 19.9 Å². The second-order valence-electron chi connectivity index (χ2n) is 7.94. The lowest BCUT2D eigenvalue weighted by atomic mass is 10.0. The van der Waals surface area contributed by atoms with Crippen LogP contribution in [0, 0.1) is 10.1 Å². The fourth-order valence-electron chi connectivity index (χ4n) is 4.39. The van der Waals surface area contributed by atoms with Gasteiger partial charge in [-0.3, -0.25) is 14.9 Å². The zero-order valence-electron chi connectivity index (χ0n) is 17.5. The number of benzene rings is 2. The first-order valence-corrected chi connectivity index (χ1v) is 10.4. The summed E-state index contributed by atoms with van der Waals surface area (Å²) < 4.78 is 7.63. The average Bonchev–Trinajstić information content (AvgIpc) is 3.21. The standard InChI is InChI=1S/C23H26N4O4/c1-31-22-5-4-20(27(29)30)14-17(22)6-10-25-11-8-19(9-12-25)26-13-7-16-2-3-18(23(24)28)15-21(16)26/h2-5,7,13-15,19H,6,8-12H2,1H3,(H2,24,28). The Morgan fingerprint density at radius 1 is 1.19 bits per heavy atom. The Morgan fingerprint density at radius 2 is 1.97 bits per heavy atom. The van der Waals surface area contributed by atoms with Crippen molar-refractivity contribution < 1.29 is 14.5 Å². The molecule has 4 rings (SSSR count). The van der Waals surface area contributed by atoms with Gasteiger partial charge >= 0.3 is 0 Å². The summed E-state index contributed by atoms with van der Waals surface area (Å²) >= 11 is 0. The third-order valence-electron chi connectivity index (χ3n) is 6.13. The zero-order valence-corrected chi connectivity index (χ0v) is 17.5. The molecular formula is C23H26N4O4. The molecule has 0 atom stereocenters. The highest BCUT2D eigenvalue weighted by atomic mass is 16.6. The normalized spacial score (nSPS) is 15.3. The molecule has 1 amide bonds. The van der Waals surface area contributed by atoms with Gasteiger partial charge in [0.05, 0.1) is 12.0 Å². The second-order valence-corrected chi connectivity index (χ2v) is 7.94. The van der Waals surface area contributed by atoms with Crippen molar-refractivity contribution in [2.75, 3.05) is 26.7 Å². The number of nitro benzene ring substituents is 1. The van der Waals surface area contributed by atoms with Crippen LogP contribution in [0.4, 0.5) is 5.69 Å². The van der Waals surface area contributed by atoms with Crippen LogP contribution in [0.25, 0.3) is 10.9 Å². The van der Waals surface area contributed by atoms with Gasteiger partial charge in [0.2, 0.25) is 5.91 Å². The van der Waals surface area contributed by atoms with E-state index in [1.807, 2.05) is 12.1 Å². The van der Waals surface area contributed by atoms with Gasteiger partial charge in [-0.25, -0.2) is 0 Å². The number of nitrogens with two attached hydrogens (primary N) is 1. The number of carbonyl (C=O) groups is 1. The molecule has 1 aliphatic rings. The molecule has 8 nitrogen and oxygen atoms in total. The van der Waals surface area contributed by atoms with E-state index >= 15 is 0 Å². The lowest BCUT2D eigenvalue weighted by molar-refractivity contribution is -0.384. The Bertz CT molecular complexity index is 1120. The van der Waals surface area contributed by atoms with Crippen molar-refractivity contribution in [1.82, 2.24) is 9.47 Å². The molecule has 31 heavy (non-hydrogen) atoms. The van der Waals surface area contributed by atoms with Crippen molar-refractivity contribution in [2.24, 2.45) is 5.73 Å². The van der Waals surface area contributed by atoms with E-state index in [9.17, 15) is 14.9 Å². The van der Waals surface area contributed by atoms with E-state index in [1.165, 1.54) is 6.07 Å². The number of hydrogen-bond donors (Lipinski definition) is 1. The number of ether oxygens (including phenoxy) is 1. The molecule has 1 aliphatic heterocycles. The summed E-state index contributed by atoms with van der Waals surface area (Å²) in [7, 11) is 1.58. The smallest absolute Gasteiger partial charge is 0.269 e. The highest BCUT2D eigenvalue weighted by Crippen LogP contribution is 2.29. The van der Waals surface area contributed by atoms with Crippen LogP contribution in [-0.2, 0) is 6.42 Å². The number of fused-ring (bicyclic) bond motifs is 1. The SMILES string of the molecule is COc1ccc([N+](=O)[O-])cc1CCN1CCC(n2ccc3ccc(C(N)=O)cc32)CC1. The highest BCUT2D eigenvalue weighted by molar-refractivity contribution is 5.97. The van der Waals surface area contributed by atoms with Gasteiger partial charge in [-0.15, -0.1) is 0 Å². The molecule has 2 aromatic carbocycles. The highest BCUT2D eigenvalue weighted by Gasteiger charge is 2.22. The summed E-state index contributed by atoms with van der Waals surface area (Å²) in [6.45, 7) is 2.71. The van der Waals surface area contributed by atoms with Crippen molar-refractivity contribution in [2.45, 2.75) is 25.3 Å². The van der Waals surface area contributed by atoms with Crippen LogP contribution >= 0.6 is 0 Å². The molecule has 8 heteroatoms. The molecule has 0 radical (unpaired) electrons. The predicted molar refractivity (Wildman–Crippen MR) is 119 cm³/mol. The van der Waals surface area contributed by atoms with E-state index in [4.69, 9.17) is 10.5 Å². The van der Waals surface area contributed by atoms with Crippen molar-refractivity contribution in [3.63, 3.8) is 0 Å². The van der Waals surface area contributed by atoms with Crippen LogP contribution in [0.2, 0.25) is 0 Å². The van der Waals surface area contributed by atoms with E-state index < -0.39 is 5.91 Å². The molecular weight excluding hydrogens is 396 g/mol. The molecule has 0 bridgehead atoms. The first-order valence-electron chi connectivity index (χ1n) is 10.4. The van der Waals surface area contributed by atoms with Crippen LogP contribution in [0.3, 0.4) is 0 Å². The molecule has 2 heterocycles. The first-order chi connectivity index (χ1) is 15.0. The van der Waals surface area contributed by atoms with Crippen molar-refractivity contribution >= 4 is 22.5 Å². The molecule has 3 aromatic rings. The third-order valence-corrected chi connectivity index (χ3v) is 6.13. The maximum atomic E-state index is 11.6. The summed E-state index contributed by atoms with van der Waals surface area (Å²) in [4.78, 5) is 24.6. The predicted octanol–water partition coefficient (Wildman–Crippen LogP) is 3.54. The monoisotopic (exact) mass is 422 g/mol. The van der Waals surface area contributed by atoms with Gasteiger partial charge in [0, 0.05) is 60.6 Å². The molecule has 1 saturated heterocycles. The summed E-state index contributed by atoms with van der Waals surface area (Å²) in [5, 5.41) is 12.2. The number of rotatable bonds is 7. The average molecular weight is 422 g/mol. The third kappa shape index (κ3) is 4.39. The second kappa shape index (κ2) is 8.77. The van der Waals surface area contributed by atoms with Gasteiger partial charge in [0.15, 0.2) is 0 Å². The summed E-state index contributed by atoms with van der Waals surface area (Å²) in [6.07, 6.45) is 4.78. The maximum Gasteiger partial charge on any atom is 0.269 e. The first kappa shape index (κ1) is 20.9. The van der Waals surface area contributed by atoms with Crippen LogP contribution in [0.1, 0.15) is 34.8 Å². The van der Waals surface area contributed by atoms with Crippen LogP contribution < -0.4 is 10.5 Å². The molecule has 1 fully saturated rings. The van der Waals surface area contributed by atoms with E-state index in [2.05, 4.69) is 21.7 Å². The minimum absolute atomic E-state index is 0.0873. The maximum absolute atomic E-state index is 11.6. The number of piperidine rings is 1. The lowest BCUT2D eigenvalue weighted by Gasteiger charge is -2.33. The zero-order chi connectivity index (χ0) is 22.0. The summed E-state index contributed by atoms with van der Waals surface area (Å²) in [6, 6.07) is 12.8. The topological polar surface area (TPSA) is 104 Å². The molecule has 0 spiro atoms. The lowest BCUT2D eigenvalue weighted by Crippen LogP contribution is -2.35. The van der Waals surface area contributed by atoms with E-state index in [1.54, 1.807) is 25.3 Å². The molecule has 162 valence electrons. The van der Waals surface area contributed by atoms with E-state index in [0.717, 1.165) is 48.9 Å². The van der Waals surface area contributed by atoms with Crippen LogP contribution in [-0.4, -0.2) is 47.0 Å². The number of primary amides is 1. The van der Waals surface area contributed by atoms with Crippen molar-refractivity contribution in [3.05, 3.63) is 69.9 Å². The van der Waals surface area contributed by atoms with Gasteiger partial charge in [-0.1, -0.05) is 6.07 Å². The number of non-ortho nitro benzene ring substituents is 1. The number of nitrogens with zero attached hydrogens (tertiary/aromatic N) is 3.